The van der Waals surface area contributed by atoms with Gasteiger partial charge < -0.3 is 10.1 Å². The van der Waals surface area contributed by atoms with Crippen LogP contribution in [0.2, 0.25) is 0 Å². The van der Waals surface area contributed by atoms with Gasteiger partial charge in [0, 0.05) is 22.8 Å². The first kappa shape index (κ1) is 19.1. The number of rotatable bonds is 4. The van der Waals surface area contributed by atoms with E-state index in [0.717, 1.165) is 24.4 Å². The summed E-state index contributed by atoms with van der Waals surface area (Å²) in [7, 11) is 1.36. The Labute approximate surface area is 162 Å². The van der Waals surface area contributed by atoms with Crippen molar-refractivity contribution in [3.05, 3.63) is 37.7 Å². The van der Waals surface area contributed by atoms with Gasteiger partial charge in [-0.1, -0.05) is 20.8 Å². The van der Waals surface area contributed by atoms with Gasteiger partial charge in [-0.2, -0.15) is 0 Å². The fraction of sp³-hybridized carbons (Fsp3) is 0.474. The fourth-order valence-electron chi connectivity index (χ4n) is 2.93. The molecule has 0 saturated carbocycles. The minimum Gasteiger partial charge on any atom is -0.465 e. The van der Waals surface area contributed by atoms with Crippen LogP contribution in [-0.2, 0) is 27.9 Å². The van der Waals surface area contributed by atoms with Crippen LogP contribution in [0.5, 0.6) is 0 Å². The quantitative estimate of drug-likeness (QED) is 0.802. The van der Waals surface area contributed by atoms with E-state index < -0.39 is 5.97 Å². The van der Waals surface area contributed by atoms with Crippen molar-refractivity contribution in [2.75, 3.05) is 25.5 Å². The monoisotopic (exact) mass is 392 g/mol. The summed E-state index contributed by atoms with van der Waals surface area (Å²) in [5.74, 6) is -0.520. The Hall–Kier alpha value is -1.70. The normalized spacial score (nSPS) is 14.8. The van der Waals surface area contributed by atoms with Crippen LogP contribution in [0.1, 0.15) is 45.8 Å². The van der Waals surface area contributed by atoms with E-state index in [1.165, 1.54) is 28.9 Å². The van der Waals surface area contributed by atoms with Crippen molar-refractivity contribution in [2.24, 2.45) is 0 Å². The van der Waals surface area contributed by atoms with Crippen molar-refractivity contribution in [1.29, 1.82) is 0 Å². The molecule has 5 nitrogen and oxygen atoms in total. The van der Waals surface area contributed by atoms with Gasteiger partial charge in [-0.3, -0.25) is 9.69 Å². The summed E-state index contributed by atoms with van der Waals surface area (Å²) in [6.07, 6.45) is 0.986. The first-order valence-electron chi connectivity index (χ1n) is 8.58. The number of methoxy groups -OCH3 is 1. The molecule has 3 heterocycles. The molecular weight excluding hydrogens is 368 g/mol. The smallest absolute Gasteiger partial charge is 0.350 e. The molecule has 2 aromatic rings. The molecule has 0 aromatic carbocycles. The molecule has 1 aliphatic rings. The Morgan fingerprint density at radius 2 is 2.12 bits per heavy atom. The summed E-state index contributed by atoms with van der Waals surface area (Å²) >= 11 is 3.16. The number of hydrogen-bond donors (Lipinski definition) is 1. The third-order valence-electron chi connectivity index (χ3n) is 4.37. The lowest BCUT2D eigenvalue weighted by atomic mass is 9.94. The molecule has 7 heteroatoms. The number of hydrogen-bond acceptors (Lipinski definition) is 6. The molecule has 0 aliphatic carbocycles. The topological polar surface area (TPSA) is 58.6 Å². The molecule has 1 N–H and O–H groups in total. The van der Waals surface area contributed by atoms with E-state index >= 15 is 0 Å². The molecular formula is C19H24N2O3S2. The lowest BCUT2D eigenvalue weighted by Crippen LogP contribution is -2.36. The van der Waals surface area contributed by atoms with Crippen molar-refractivity contribution in [2.45, 2.75) is 39.2 Å². The van der Waals surface area contributed by atoms with E-state index in [2.05, 4.69) is 42.4 Å². The standard InChI is InChI=1S/C19H24N2O3S2/c1-19(2,3)15-9-13(17(26-15)18(23)24-4)20-16(22)11-21-7-5-14-12(10-21)6-8-25-14/h6,8-9H,5,7,10-11H2,1-4H3,(H,20,22). The van der Waals surface area contributed by atoms with E-state index in [-0.39, 0.29) is 11.3 Å². The van der Waals surface area contributed by atoms with Crippen LogP contribution in [0.3, 0.4) is 0 Å². The lowest BCUT2D eigenvalue weighted by molar-refractivity contribution is -0.117. The molecule has 0 saturated heterocycles. The zero-order valence-corrected chi connectivity index (χ0v) is 17.2. The molecule has 3 rings (SSSR count). The predicted octanol–water partition coefficient (Wildman–Crippen LogP) is 3.89. The minimum atomic E-state index is -0.415. The van der Waals surface area contributed by atoms with Gasteiger partial charge in [-0.25, -0.2) is 4.79 Å². The minimum absolute atomic E-state index is 0.0986. The summed E-state index contributed by atoms with van der Waals surface area (Å²) in [5.41, 5.74) is 1.76. The van der Waals surface area contributed by atoms with Gasteiger partial charge in [-0.05, 0) is 34.9 Å². The highest BCUT2D eigenvalue weighted by Gasteiger charge is 2.25. The maximum absolute atomic E-state index is 12.6. The number of ether oxygens (including phenoxy) is 1. The van der Waals surface area contributed by atoms with Crippen molar-refractivity contribution in [3.8, 4) is 0 Å². The van der Waals surface area contributed by atoms with Crippen LogP contribution < -0.4 is 5.32 Å². The number of amides is 1. The third kappa shape index (κ3) is 4.16. The lowest BCUT2D eigenvalue weighted by Gasteiger charge is -2.26. The first-order valence-corrected chi connectivity index (χ1v) is 10.3. The van der Waals surface area contributed by atoms with Crippen LogP contribution in [0.4, 0.5) is 5.69 Å². The molecule has 0 unspecified atom stereocenters. The SMILES string of the molecule is COC(=O)c1sc(C(C)(C)C)cc1NC(=O)CN1CCc2sccc2C1. The zero-order chi connectivity index (χ0) is 18.9. The largest absolute Gasteiger partial charge is 0.465 e. The maximum atomic E-state index is 12.6. The number of thiophene rings is 2. The molecule has 2 aromatic heterocycles. The van der Waals surface area contributed by atoms with Crippen LogP contribution in [0.25, 0.3) is 0 Å². The highest BCUT2D eigenvalue weighted by atomic mass is 32.1. The van der Waals surface area contributed by atoms with E-state index in [9.17, 15) is 9.59 Å². The van der Waals surface area contributed by atoms with E-state index in [1.54, 1.807) is 11.3 Å². The first-order chi connectivity index (χ1) is 12.3. The molecule has 0 spiro atoms. The van der Waals surface area contributed by atoms with Gasteiger partial charge in [0.15, 0.2) is 0 Å². The summed E-state index contributed by atoms with van der Waals surface area (Å²) in [6.45, 7) is 8.23. The molecule has 140 valence electrons. The highest BCUT2D eigenvalue weighted by Crippen LogP contribution is 2.36. The van der Waals surface area contributed by atoms with E-state index in [4.69, 9.17) is 4.74 Å². The van der Waals surface area contributed by atoms with Crippen molar-refractivity contribution < 1.29 is 14.3 Å². The Morgan fingerprint density at radius 3 is 2.81 bits per heavy atom. The Morgan fingerprint density at radius 1 is 1.35 bits per heavy atom. The Kier molecular flexibility index (Phi) is 5.50. The average Bonchev–Trinajstić information content (AvgIpc) is 3.20. The van der Waals surface area contributed by atoms with Gasteiger partial charge in [0.05, 0.1) is 19.3 Å². The summed E-state index contributed by atoms with van der Waals surface area (Å²) in [5, 5.41) is 5.02. The second-order valence-corrected chi connectivity index (χ2v) is 9.53. The van der Waals surface area contributed by atoms with Gasteiger partial charge >= 0.3 is 5.97 Å². The second-order valence-electron chi connectivity index (χ2n) is 7.47. The molecule has 0 fully saturated rings. The van der Waals surface area contributed by atoms with Gasteiger partial charge in [0.1, 0.15) is 4.88 Å². The van der Waals surface area contributed by atoms with Crippen LogP contribution in [0, 0.1) is 0 Å². The average molecular weight is 393 g/mol. The van der Waals surface area contributed by atoms with Gasteiger partial charge in [0.25, 0.3) is 0 Å². The number of nitrogens with zero attached hydrogens (tertiary/aromatic N) is 1. The van der Waals surface area contributed by atoms with Crippen molar-refractivity contribution >= 4 is 40.2 Å². The molecule has 0 bridgehead atoms. The molecule has 0 atom stereocenters. The second kappa shape index (κ2) is 7.50. The van der Waals surface area contributed by atoms with Crippen LogP contribution in [-0.4, -0.2) is 37.0 Å². The summed E-state index contributed by atoms with van der Waals surface area (Å²) < 4.78 is 4.88. The Bertz CT molecular complexity index is 817. The molecule has 26 heavy (non-hydrogen) atoms. The molecule has 0 radical (unpaired) electrons. The van der Waals surface area contributed by atoms with Gasteiger partial charge in [0.2, 0.25) is 5.91 Å². The number of carbonyl (C=O) groups excluding carboxylic acids is 2. The number of anilines is 1. The predicted molar refractivity (Wildman–Crippen MR) is 106 cm³/mol. The number of fused-ring (bicyclic) bond motifs is 1. The van der Waals surface area contributed by atoms with Crippen molar-refractivity contribution in [1.82, 2.24) is 4.90 Å². The maximum Gasteiger partial charge on any atom is 0.350 e. The Balaban J connectivity index is 1.71. The fourth-order valence-corrected chi connectivity index (χ4v) is 4.91. The summed E-state index contributed by atoms with van der Waals surface area (Å²) in [4.78, 5) is 29.7. The number of esters is 1. The molecule has 1 aliphatic heterocycles. The highest BCUT2D eigenvalue weighted by molar-refractivity contribution is 7.14. The number of carbonyl (C=O) groups is 2. The van der Waals surface area contributed by atoms with Crippen molar-refractivity contribution in [3.63, 3.8) is 0 Å². The molecule has 1 amide bonds. The van der Waals surface area contributed by atoms with Crippen LogP contribution in [0.15, 0.2) is 17.5 Å². The summed E-state index contributed by atoms with van der Waals surface area (Å²) in [6, 6.07) is 4.02. The van der Waals surface area contributed by atoms with E-state index in [1.807, 2.05) is 6.07 Å². The number of nitrogens with one attached hydrogen (secondary N) is 1. The van der Waals surface area contributed by atoms with Gasteiger partial charge in [-0.15, -0.1) is 22.7 Å². The third-order valence-corrected chi connectivity index (χ3v) is 6.93. The van der Waals surface area contributed by atoms with Crippen LogP contribution >= 0.6 is 22.7 Å². The van der Waals surface area contributed by atoms with E-state index in [0.29, 0.717) is 17.1 Å². The zero-order valence-electron chi connectivity index (χ0n) is 15.5.